The number of nitrogens with zero attached hydrogens (tertiary/aromatic N) is 1. The van der Waals surface area contributed by atoms with E-state index in [2.05, 4.69) is 0 Å². The summed E-state index contributed by atoms with van der Waals surface area (Å²) in [6.45, 7) is 0. The van der Waals surface area contributed by atoms with E-state index in [1.165, 1.54) is 7.05 Å². The number of likely N-dealkylation sites (tertiary alicyclic amines) is 1. The molecule has 2 amide bonds. The van der Waals surface area contributed by atoms with Crippen LogP contribution in [0.2, 0.25) is 0 Å². The van der Waals surface area contributed by atoms with Crippen LogP contribution in [0.25, 0.3) is 0 Å². The Hall–Kier alpha value is -0.570. The number of amides is 2. The van der Waals surface area contributed by atoms with E-state index in [9.17, 15) is 9.59 Å². The fourth-order valence-corrected chi connectivity index (χ4v) is 1.13. The van der Waals surface area contributed by atoms with E-state index in [0.29, 0.717) is 12.8 Å². The zero-order chi connectivity index (χ0) is 7.72. The molecule has 0 bridgehead atoms. The summed E-state index contributed by atoms with van der Waals surface area (Å²) in [7, 11) is 1.46. The lowest BCUT2D eigenvalue weighted by Gasteiger charge is -2.23. The first kappa shape index (κ1) is 7.54. The molecule has 0 aromatic rings. The molecule has 0 spiro atoms. The average Bonchev–Trinajstić information content (AvgIpc) is 1.93. The van der Waals surface area contributed by atoms with Crippen LogP contribution in [0.15, 0.2) is 0 Å². The van der Waals surface area contributed by atoms with Gasteiger partial charge in [0.25, 0.3) is 0 Å². The Morgan fingerprint density at radius 1 is 1.60 bits per heavy atom. The molecule has 0 aromatic carbocycles. The van der Waals surface area contributed by atoms with Crippen molar-refractivity contribution in [3.05, 3.63) is 0 Å². The summed E-state index contributed by atoms with van der Waals surface area (Å²) in [4.78, 5) is 22.8. The maximum Gasteiger partial charge on any atom is 0.246 e. The molecule has 10 heavy (non-hydrogen) atoms. The van der Waals surface area contributed by atoms with Gasteiger partial charge in [-0.2, -0.15) is 0 Å². The second-order valence-corrected chi connectivity index (χ2v) is 2.82. The highest BCUT2D eigenvalue weighted by molar-refractivity contribution is 6.32. The SMILES string of the molecule is CN1C(=O)CCC(Cl)C1=O. The molecule has 0 N–H and O–H groups in total. The van der Waals surface area contributed by atoms with Crippen LogP contribution in [0, 0.1) is 0 Å². The van der Waals surface area contributed by atoms with Crippen molar-refractivity contribution in [3.8, 4) is 0 Å². The molecule has 1 aliphatic heterocycles. The first-order chi connectivity index (χ1) is 4.63. The predicted octanol–water partition coefficient (Wildman–Crippen LogP) is 0.373. The van der Waals surface area contributed by atoms with Crippen LogP contribution in [-0.2, 0) is 9.59 Å². The predicted molar refractivity (Wildman–Crippen MR) is 36.7 cm³/mol. The van der Waals surface area contributed by atoms with Gasteiger partial charge in [0.05, 0.1) is 0 Å². The molecular weight excluding hydrogens is 154 g/mol. The van der Waals surface area contributed by atoms with Crippen molar-refractivity contribution in [3.63, 3.8) is 0 Å². The Balaban J connectivity index is 2.70. The summed E-state index contributed by atoms with van der Waals surface area (Å²) >= 11 is 5.58. The summed E-state index contributed by atoms with van der Waals surface area (Å²) in [6, 6.07) is 0. The molecule has 56 valence electrons. The molecule has 1 atom stereocenters. The summed E-state index contributed by atoms with van der Waals surface area (Å²) < 4.78 is 0. The minimum Gasteiger partial charge on any atom is -0.284 e. The van der Waals surface area contributed by atoms with Gasteiger partial charge < -0.3 is 0 Å². The van der Waals surface area contributed by atoms with Gasteiger partial charge in [0.15, 0.2) is 0 Å². The lowest BCUT2D eigenvalue weighted by molar-refractivity contribution is -0.145. The Labute approximate surface area is 63.9 Å². The van der Waals surface area contributed by atoms with Crippen LogP contribution in [-0.4, -0.2) is 29.1 Å². The van der Waals surface area contributed by atoms with Crippen molar-refractivity contribution >= 4 is 23.4 Å². The molecule has 1 saturated heterocycles. The van der Waals surface area contributed by atoms with Crippen LogP contribution in [0.5, 0.6) is 0 Å². The first-order valence-corrected chi connectivity index (χ1v) is 3.51. The van der Waals surface area contributed by atoms with E-state index in [1.807, 2.05) is 0 Å². The standard InChI is InChI=1S/C6H8ClNO2/c1-8-5(9)3-2-4(7)6(8)10/h4H,2-3H2,1H3. The lowest BCUT2D eigenvalue weighted by Crippen LogP contribution is -2.42. The van der Waals surface area contributed by atoms with Crippen molar-refractivity contribution < 1.29 is 9.59 Å². The summed E-state index contributed by atoms with van der Waals surface area (Å²) in [5, 5.41) is -0.498. The van der Waals surface area contributed by atoms with Gasteiger partial charge in [-0.1, -0.05) is 0 Å². The Morgan fingerprint density at radius 2 is 2.20 bits per heavy atom. The van der Waals surface area contributed by atoms with Crippen LogP contribution in [0.3, 0.4) is 0 Å². The number of carbonyl (C=O) groups excluding carboxylic acids is 2. The van der Waals surface area contributed by atoms with Crippen LogP contribution in [0.4, 0.5) is 0 Å². The van der Waals surface area contributed by atoms with Crippen LogP contribution < -0.4 is 0 Å². The van der Waals surface area contributed by atoms with Gasteiger partial charge in [-0.05, 0) is 6.42 Å². The number of rotatable bonds is 0. The van der Waals surface area contributed by atoms with Gasteiger partial charge in [0, 0.05) is 13.5 Å². The third-order valence-electron chi connectivity index (χ3n) is 1.58. The summed E-state index contributed by atoms with van der Waals surface area (Å²) in [5.41, 5.74) is 0. The van der Waals surface area contributed by atoms with E-state index in [1.54, 1.807) is 0 Å². The molecule has 1 unspecified atom stereocenters. The third kappa shape index (κ3) is 1.14. The molecule has 1 fully saturated rings. The van der Waals surface area contributed by atoms with Crippen molar-refractivity contribution in [2.75, 3.05) is 7.05 Å². The van der Waals surface area contributed by atoms with Crippen LogP contribution in [0.1, 0.15) is 12.8 Å². The highest BCUT2D eigenvalue weighted by Crippen LogP contribution is 2.15. The van der Waals surface area contributed by atoms with E-state index < -0.39 is 5.38 Å². The second kappa shape index (κ2) is 2.58. The van der Waals surface area contributed by atoms with Crippen molar-refractivity contribution in [1.29, 1.82) is 0 Å². The summed E-state index contributed by atoms with van der Waals surface area (Å²) in [6.07, 6.45) is 0.861. The maximum atomic E-state index is 10.9. The zero-order valence-electron chi connectivity index (χ0n) is 5.63. The molecule has 3 nitrogen and oxygen atoms in total. The molecule has 0 aromatic heterocycles. The van der Waals surface area contributed by atoms with E-state index >= 15 is 0 Å². The maximum absolute atomic E-state index is 10.9. The van der Waals surface area contributed by atoms with Gasteiger partial charge in [-0.15, -0.1) is 11.6 Å². The van der Waals surface area contributed by atoms with Gasteiger partial charge in [-0.3, -0.25) is 14.5 Å². The second-order valence-electron chi connectivity index (χ2n) is 2.30. The molecule has 1 rings (SSSR count). The molecule has 4 heteroatoms. The molecule has 1 heterocycles. The molecular formula is C6H8ClNO2. The van der Waals surface area contributed by atoms with Gasteiger partial charge in [0.1, 0.15) is 5.38 Å². The van der Waals surface area contributed by atoms with E-state index in [4.69, 9.17) is 11.6 Å². The summed E-state index contributed by atoms with van der Waals surface area (Å²) in [5.74, 6) is -0.417. The fourth-order valence-electron chi connectivity index (χ4n) is 0.874. The quantitative estimate of drug-likeness (QED) is 0.380. The normalized spacial score (nSPS) is 27.4. The average molecular weight is 162 g/mol. The molecule has 0 saturated carbocycles. The number of piperidine rings is 1. The van der Waals surface area contributed by atoms with Gasteiger partial charge in [-0.25, -0.2) is 0 Å². The Morgan fingerprint density at radius 3 is 2.70 bits per heavy atom. The number of hydrogen-bond acceptors (Lipinski definition) is 2. The molecule has 0 radical (unpaired) electrons. The van der Waals surface area contributed by atoms with E-state index in [-0.39, 0.29) is 11.8 Å². The van der Waals surface area contributed by atoms with Crippen molar-refractivity contribution in [2.45, 2.75) is 18.2 Å². The monoisotopic (exact) mass is 161 g/mol. The number of halogens is 1. The lowest BCUT2D eigenvalue weighted by atomic mass is 10.1. The highest BCUT2D eigenvalue weighted by atomic mass is 35.5. The third-order valence-corrected chi connectivity index (χ3v) is 1.99. The molecule has 0 aliphatic carbocycles. The highest BCUT2D eigenvalue weighted by Gasteiger charge is 2.29. The largest absolute Gasteiger partial charge is 0.284 e. The minimum atomic E-state index is -0.498. The van der Waals surface area contributed by atoms with Crippen LogP contribution >= 0.6 is 11.6 Å². The minimum absolute atomic E-state index is 0.137. The number of hydrogen-bond donors (Lipinski definition) is 0. The number of carbonyl (C=O) groups is 2. The zero-order valence-corrected chi connectivity index (χ0v) is 6.39. The fraction of sp³-hybridized carbons (Fsp3) is 0.667. The smallest absolute Gasteiger partial charge is 0.246 e. The number of alkyl halides is 1. The first-order valence-electron chi connectivity index (χ1n) is 3.07. The van der Waals surface area contributed by atoms with Crippen molar-refractivity contribution in [2.24, 2.45) is 0 Å². The van der Waals surface area contributed by atoms with Gasteiger partial charge >= 0.3 is 0 Å². The van der Waals surface area contributed by atoms with Gasteiger partial charge in [0.2, 0.25) is 11.8 Å². The van der Waals surface area contributed by atoms with E-state index in [0.717, 1.165) is 4.90 Å². The Kier molecular flexibility index (Phi) is 1.94. The Bertz CT molecular complexity index is 181. The topological polar surface area (TPSA) is 37.4 Å². The molecule has 1 aliphatic rings. The van der Waals surface area contributed by atoms with Crippen molar-refractivity contribution in [1.82, 2.24) is 4.90 Å². The number of imide groups is 1.